The molecule has 1 N–H and O–H groups in total. The van der Waals surface area contributed by atoms with Crippen LogP contribution in [0.15, 0.2) is 34.1 Å². The molecular formula is C26H40N4O4S. The first-order valence-corrected chi connectivity index (χ1v) is 14.2. The zero-order valence-electron chi connectivity index (χ0n) is 21.7. The van der Waals surface area contributed by atoms with E-state index in [0.717, 1.165) is 25.9 Å². The third kappa shape index (κ3) is 6.51. The first-order chi connectivity index (χ1) is 16.5. The van der Waals surface area contributed by atoms with Crippen LogP contribution in [0.3, 0.4) is 0 Å². The van der Waals surface area contributed by atoms with Gasteiger partial charge in [0, 0.05) is 57.4 Å². The number of nitrogens with one attached hydrogen (secondary N) is 1. The van der Waals surface area contributed by atoms with E-state index in [1.807, 2.05) is 11.5 Å². The molecule has 2 heterocycles. The van der Waals surface area contributed by atoms with Crippen molar-refractivity contribution in [1.29, 1.82) is 0 Å². The van der Waals surface area contributed by atoms with Gasteiger partial charge < -0.3 is 14.8 Å². The second-order valence-electron chi connectivity index (χ2n) is 10.3. The zero-order chi connectivity index (χ0) is 25.8. The van der Waals surface area contributed by atoms with Crippen molar-refractivity contribution < 1.29 is 13.2 Å². The lowest BCUT2D eigenvalue weighted by Gasteiger charge is -2.26. The van der Waals surface area contributed by atoms with Crippen LogP contribution in [0.1, 0.15) is 57.8 Å². The number of fused-ring (bicyclic) bond motifs is 1. The van der Waals surface area contributed by atoms with Crippen LogP contribution in [0.4, 0.5) is 0 Å². The number of hydrogen-bond donors (Lipinski definition) is 1. The van der Waals surface area contributed by atoms with Gasteiger partial charge >= 0.3 is 0 Å². The minimum absolute atomic E-state index is 0.0364. The first-order valence-electron chi connectivity index (χ1n) is 12.7. The Morgan fingerprint density at radius 1 is 1.09 bits per heavy atom. The summed E-state index contributed by atoms with van der Waals surface area (Å²) in [4.78, 5) is 28.8. The van der Waals surface area contributed by atoms with E-state index in [9.17, 15) is 18.0 Å². The fourth-order valence-corrected chi connectivity index (χ4v) is 6.29. The summed E-state index contributed by atoms with van der Waals surface area (Å²) in [5.41, 5.74) is 0.214. The van der Waals surface area contributed by atoms with E-state index in [-0.39, 0.29) is 15.8 Å². The van der Waals surface area contributed by atoms with Gasteiger partial charge in [-0.2, -0.15) is 4.31 Å². The van der Waals surface area contributed by atoms with Gasteiger partial charge in [0.1, 0.15) is 5.56 Å². The Kier molecular flexibility index (Phi) is 9.12. The third-order valence-electron chi connectivity index (χ3n) is 6.30. The molecule has 2 aromatic rings. The van der Waals surface area contributed by atoms with E-state index < -0.39 is 21.4 Å². The van der Waals surface area contributed by atoms with Crippen LogP contribution in [0.25, 0.3) is 10.9 Å². The maximum Gasteiger partial charge on any atom is 0.256 e. The first kappa shape index (κ1) is 27.4. The van der Waals surface area contributed by atoms with Gasteiger partial charge in [-0.3, -0.25) is 9.59 Å². The molecule has 1 aliphatic rings. The van der Waals surface area contributed by atoms with Crippen LogP contribution in [-0.2, 0) is 16.6 Å². The fraction of sp³-hybridized carbons (Fsp3) is 0.615. The molecule has 0 spiro atoms. The van der Waals surface area contributed by atoms with Crippen molar-refractivity contribution in [2.45, 2.75) is 58.9 Å². The van der Waals surface area contributed by atoms with Gasteiger partial charge in [-0.25, -0.2) is 8.42 Å². The summed E-state index contributed by atoms with van der Waals surface area (Å²) < 4.78 is 29.4. The van der Waals surface area contributed by atoms with Crippen LogP contribution in [0.2, 0.25) is 0 Å². The Balaban J connectivity index is 1.87. The largest absolute Gasteiger partial charge is 0.351 e. The highest BCUT2D eigenvalue weighted by Gasteiger charge is 2.28. The summed E-state index contributed by atoms with van der Waals surface area (Å²) in [6, 6.07) is 4.65. The molecule has 8 nitrogen and oxygen atoms in total. The molecule has 0 radical (unpaired) electrons. The Hall–Kier alpha value is -2.23. The normalized spacial score (nSPS) is 15.1. The van der Waals surface area contributed by atoms with Crippen molar-refractivity contribution in [3.05, 3.63) is 40.2 Å². The molecule has 0 unspecified atom stereocenters. The van der Waals surface area contributed by atoms with Crippen molar-refractivity contribution >= 4 is 26.8 Å². The van der Waals surface area contributed by atoms with Gasteiger partial charge in [-0.15, -0.1) is 0 Å². The minimum Gasteiger partial charge on any atom is -0.351 e. The van der Waals surface area contributed by atoms with Crippen molar-refractivity contribution in [2.24, 2.45) is 11.8 Å². The van der Waals surface area contributed by atoms with Gasteiger partial charge in [0.2, 0.25) is 15.5 Å². The molecule has 1 aliphatic heterocycles. The van der Waals surface area contributed by atoms with Crippen molar-refractivity contribution in [2.75, 3.05) is 39.3 Å². The summed E-state index contributed by atoms with van der Waals surface area (Å²) in [5, 5.41) is 3.15. The van der Waals surface area contributed by atoms with Crippen LogP contribution < -0.4 is 10.7 Å². The third-order valence-corrected chi connectivity index (χ3v) is 8.19. The molecule has 0 aliphatic carbocycles. The lowest BCUT2D eigenvalue weighted by atomic mass is 10.1. The average Bonchev–Trinajstić information content (AvgIpc) is 3.34. The number of nitrogens with zero attached hydrogens (tertiary/aromatic N) is 3. The minimum atomic E-state index is -3.66. The Labute approximate surface area is 209 Å². The van der Waals surface area contributed by atoms with E-state index in [4.69, 9.17) is 0 Å². The molecule has 3 rings (SSSR count). The van der Waals surface area contributed by atoms with Gasteiger partial charge in [0.15, 0.2) is 0 Å². The number of carbonyl (C=O) groups excluding carboxylic acids is 1. The van der Waals surface area contributed by atoms with Crippen LogP contribution in [-0.4, -0.2) is 67.4 Å². The molecule has 1 aromatic heterocycles. The smallest absolute Gasteiger partial charge is 0.256 e. The molecular weight excluding hydrogens is 464 g/mol. The summed E-state index contributed by atoms with van der Waals surface area (Å²) in [5.74, 6) is 0.612. The number of pyridine rings is 1. The monoisotopic (exact) mass is 504 g/mol. The summed E-state index contributed by atoms with van der Waals surface area (Å²) in [7, 11) is -3.66. The van der Waals surface area contributed by atoms with E-state index in [1.165, 1.54) is 10.4 Å². The van der Waals surface area contributed by atoms with Crippen LogP contribution >= 0.6 is 0 Å². The van der Waals surface area contributed by atoms with Gasteiger partial charge in [0.25, 0.3) is 5.91 Å². The van der Waals surface area contributed by atoms with E-state index in [0.29, 0.717) is 50.1 Å². The fourth-order valence-electron chi connectivity index (χ4n) is 4.75. The maximum absolute atomic E-state index is 13.3. The van der Waals surface area contributed by atoms with Crippen molar-refractivity contribution in [3.8, 4) is 0 Å². The number of benzene rings is 1. The number of rotatable bonds is 11. The molecule has 9 heteroatoms. The predicted octanol–water partition coefficient (Wildman–Crippen LogP) is 3.15. The summed E-state index contributed by atoms with van der Waals surface area (Å²) in [6.07, 6.45) is 3.26. The van der Waals surface area contributed by atoms with Crippen LogP contribution in [0, 0.1) is 11.8 Å². The predicted molar refractivity (Wildman–Crippen MR) is 140 cm³/mol. The number of amides is 1. The van der Waals surface area contributed by atoms with Crippen LogP contribution in [0.5, 0.6) is 0 Å². The number of aryl methyl sites for hydroxylation is 1. The van der Waals surface area contributed by atoms with Crippen molar-refractivity contribution in [3.63, 3.8) is 0 Å². The second kappa shape index (κ2) is 11.7. The summed E-state index contributed by atoms with van der Waals surface area (Å²) >= 11 is 0. The van der Waals surface area contributed by atoms with E-state index in [2.05, 4.69) is 37.9 Å². The molecule has 194 valence electrons. The Morgan fingerprint density at radius 3 is 2.29 bits per heavy atom. The highest BCUT2D eigenvalue weighted by atomic mass is 32.2. The molecule has 0 saturated carbocycles. The molecule has 0 bridgehead atoms. The summed E-state index contributed by atoms with van der Waals surface area (Å²) in [6.45, 7) is 15.2. The Morgan fingerprint density at radius 2 is 1.71 bits per heavy atom. The number of sulfonamides is 1. The number of aromatic nitrogens is 1. The molecule has 1 amide bonds. The molecule has 35 heavy (non-hydrogen) atoms. The van der Waals surface area contributed by atoms with Gasteiger partial charge in [-0.1, -0.05) is 27.7 Å². The maximum atomic E-state index is 13.3. The van der Waals surface area contributed by atoms with Gasteiger partial charge in [0.05, 0.1) is 10.4 Å². The quantitative estimate of drug-likeness (QED) is 0.508. The molecule has 1 aromatic carbocycles. The highest BCUT2D eigenvalue weighted by molar-refractivity contribution is 7.89. The highest BCUT2D eigenvalue weighted by Crippen LogP contribution is 2.24. The van der Waals surface area contributed by atoms with Gasteiger partial charge in [-0.05, 0) is 49.8 Å². The zero-order valence-corrected chi connectivity index (χ0v) is 22.5. The lowest BCUT2D eigenvalue weighted by Crippen LogP contribution is -2.39. The standard InChI is InChI=1S/C26H40N4O4S/c1-6-29-18-23(26(32)27-11-14-28(16-19(2)3)17-20(4)5)25(31)22-15-21(9-10-24(22)29)35(33,34)30-12-7-8-13-30/h9-10,15,18-20H,6-8,11-14,16-17H2,1-5H3,(H,27,32). The van der Waals surface area contributed by atoms with Crippen molar-refractivity contribution in [1.82, 2.24) is 19.1 Å². The van der Waals surface area contributed by atoms with E-state index >= 15 is 0 Å². The average molecular weight is 505 g/mol. The Bertz CT molecular complexity index is 1190. The van der Waals surface area contributed by atoms with E-state index in [1.54, 1.807) is 18.3 Å². The number of hydrogen-bond acceptors (Lipinski definition) is 5. The molecule has 1 saturated heterocycles. The second-order valence-corrected chi connectivity index (χ2v) is 12.2. The SMILES string of the molecule is CCn1cc(C(=O)NCCN(CC(C)C)CC(C)C)c(=O)c2cc(S(=O)(=O)N3CCCC3)ccc21. The molecule has 0 atom stereocenters. The topological polar surface area (TPSA) is 91.7 Å². The lowest BCUT2D eigenvalue weighted by molar-refractivity contribution is 0.0944. The number of carbonyl (C=O) groups is 1. The molecule has 1 fully saturated rings.